The number of rotatable bonds is 1. The summed E-state index contributed by atoms with van der Waals surface area (Å²) in [6.07, 6.45) is 0.444. The summed E-state index contributed by atoms with van der Waals surface area (Å²) in [7, 11) is 0. The van der Waals surface area contributed by atoms with Crippen LogP contribution in [0.3, 0.4) is 0 Å². The summed E-state index contributed by atoms with van der Waals surface area (Å²) in [5.41, 5.74) is -0.659. The molecule has 0 unspecified atom stereocenters. The van der Waals surface area contributed by atoms with Crippen molar-refractivity contribution in [3.05, 3.63) is 26.9 Å². The lowest BCUT2D eigenvalue weighted by molar-refractivity contribution is 0.409. The van der Waals surface area contributed by atoms with Crippen molar-refractivity contribution in [2.45, 2.75) is 13.3 Å². The van der Waals surface area contributed by atoms with E-state index >= 15 is 0 Å². The minimum Gasteiger partial charge on any atom is -0.395 e. The maximum absolute atomic E-state index is 10.4. The van der Waals surface area contributed by atoms with Crippen molar-refractivity contribution >= 4 is 0 Å². The highest BCUT2D eigenvalue weighted by atomic mass is 16.4. The van der Waals surface area contributed by atoms with Gasteiger partial charge in [0.2, 0.25) is 5.89 Å². The van der Waals surface area contributed by atoms with Gasteiger partial charge in [-0.1, -0.05) is 6.92 Å². The third-order valence-corrected chi connectivity index (χ3v) is 0.948. The standard InChI is InChI=1S/C5H6N2O3/c1-2-3-6-4(8)7-5(9)10-3/h2H2,1H3,(H,7,8,9). The normalized spacial score (nSPS) is 9.70. The van der Waals surface area contributed by atoms with Gasteiger partial charge >= 0.3 is 11.4 Å². The van der Waals surface area contributed by atoms with E-state index in [-0.39, 0.29) is 5.89 Å². The molecule has 0 saturated carbocycles. The number of nitrogens with zero attached hydrogens (tertiary/aromatic N) is 1. The van der Waals surface area contributed by atoms with Gasteiger partial charge < -0.3 is 4.42 Å². The highest BCUT2D eigenvalue weighted by Gasteiger charge is 1.95. The maximum atomic E-state index is 10.4. The van der Waals surface area contributed by atoms with E-state index in [1.807, 2.05) is 4.98 Å². The molecule has 0 radical (unpaired) electrons. The average molecular weight is 142 g/mol. The van der Waals surface area contributed by atoms with Crippen molar-refractivity contribution in [3.63, 3.8) is 0 Å². The molecule has 0 aromatic carbocycles. The van der Waals surface area contributed by atoms with Crippen LogP contribution in [0, 0.1) is 0 Å². The predicted molar refractivity (Wildman–Crippen MR) is 32.8 cm³/mol. The molecule has 0 atom stereocenters. The average Bonchev–Trinajstić information content (AvgIpc) is 1.85. The topological polar surface area (TPSA) is 76.0 Å². The molecule has 0 amide bonds. The van der Waals surface area contributed by atoms with E-state index in [9.17, 15) is 9.59 Å². The Kier molecular flexibility index (Phi) is 1.66. The number of H-pyrrole nitrogens is 1. The second kappa shape index (κ2) is 2.47. The number of hydrogen-bond acceptors (Lipinski definition) is 4. The SMILES string of the molecule is CCc1nc(=O)[nH]c(=O)o1. The van der Waals surface area contributed by atoms with Crippen LogP contribution >= 0.6 is 0 Å². The zero-order valence-corrected chi connectivity index (χ0v) is 5.38. The predicted octanol–water partition coefficient (Wildman–Crippen LogP) is -0.715. The van der Waals surface area contributed by atoms with Crippen molar-refractivity contribution in [3.8, 4) is 0 Å². The van der Waals surface area contributed by atoms with Gasteiger partial charge in [-0.2, -0.15) is 4.98 Å². The van der Waals surface area contributed by atoms with Gasteiger partial charge in [-0.25, -0.2) is 14.6 Å². The minimum absolute atomic E-state index is 0.161. The molecule has 5 heteroatoms. The molecular formula is C5H6N2O3. The van der Waals surface area contributed by atoms with Crippen LogP contribution in [-0.2, 0) is 6.42 Å². The van der Waals surface area contributed by atoms with Crippen LogP contribution in [0.4, 0.5) is 0 Å². The first-order valence-electron chi connectivity index (χ1n) is 2.82. The van der Waals surface area contributed by atoms with Crippen LogP contribution < -0.4 is 11.4 Å². The fourth-order valence-corrected chi connectivity index (χ4v) is 0.535. The molecule has 54 valence electrons. The van der Waals surface area contributed by atoms with Crippen LogP contribution in [0.25, 0.3) is 0 Å². The van der Waals surface area contributed by atoms with Gasteiger partial charge in [0.15, 0.2) is 0 Å². The zero-order valence-electron chi connectivity index (χ0n) is 5.38. The highest BCUT2D eigenvalue weighted by Crippen LogP contribution is 1.82. The molecule has 1 aromatic rings. The minimum atomic E-state index is -0.753. The molecule has 0 spiro atoms. The summed E-state index contributed by atoms with van der Waals surface area (Å²) in [5, 5.41) is 0. The van der Waals surface area contributed by atoms with E-state index in [1.165, 1.54) is 0 Å². The third kappa shape index (κ3) is 1.31. The highest BCUT2D eigenvalue weighted by molar-refractivity contribution is 4.72. The van der Waals surface area contributed by atoms with Crippen molar-refractivity contribution in [2.24, 2.45) is 0 Å². The van der Waals surface area contributed by atoms with E-state index in [1.54, 1.807) is 6.92 Å². The zero-order chi connectivity index (χ0) is 7.56. The second-order valence-electron chi connectivity index (χ2n) is 1.68. The summed E-state index contributed by atoms with van der Waals surface area (Å²) in [5.74, 6) is -0.592. The Morgan fingerprint density at radius 1 is 1.60 bits per heavy atom. The van der Waals surface area contributed by atoms with Gasteiger partial charge in [-0.3, -0.25) is 0 Å². The molecule has 0 bridgehead atoms. The largest absolute Gasteiger partial charge is 0.421 e. The molecule has 1 rings (SSSR count). The number of aryl methyl sites for hydroxylation is 1. The van der Waals surface area contributed by atoms with Gasteiger partial charge in [0, 0.05) is 6.42 Å². The lowest BCUT2D eigenvalue weighted by Gasteiger charge is -1.87. The lowest BCUT2D eigenvalue weighted by atomic mass is 10.5. The summed E-state index contributed by atoms with van der Waals surface area (Å²) < 4.78 is 4.49. The van der Waals surface area contributed by atoms with Crippen molar-refractivity contribution in [2.75, 3.05) is 0 Å². The molecule has 10 heavy (non-hydrogen) atoms. The number of aromatic nitrogens is 2. The molecule has 0 saturated heterocycles. The Labute approximate surface area is 55.7 Å². The Hall–Kier alpha value is -1.39. The van der Waals surface area contributed by atoms with Crippen LogP contribution in [0.15, 0.2) is 14.0 Å². The van der Waals surface area contributed by atoms with Gasteiger partial charge in [-0.15, -0.1) is 0 Å². The van der Waals surface area contributed by atoms with Gasteiger partial charge in [-0.05, 0) is 0 Å². The molecule has 0 aliphatic rings. The molecular weight excluding hydrogens is 136 g/mol. The molecule has 5 nitrogen and oxygen atoms in total. The van der Waals surface area contributed by atoms with E-state index in [0.717, 1.165) is 0 Å². The van der Waals surface area contributed by atoms with Crippen LogP contribution in [0.1, 0.15) is 12.8 Å². The van der Waals surface area contributed by atoms with Crippen molar-refractivity contribution in [1.29, 1.82) is 0 Å². The Morgan fingerprint density at radius 2 is 2.30 bits per heavy atom. The van der Waals surface area contributed by atoms with Gasteiger partial charge in [0.1, 0.15) is 0 Å². The number of hydrogen-bond donors (Lipinski definition) is 1. The molecule has 1 N–H and O–H groups in total. The smallest absolute Gasteiger partial charge is 0.395 e. The first-order valence-corrected chi connectivity index (χ1v) is 2.82. The summed E-state index contributed by atoms with van der Waals surface area (Å²) >= 11 is 0. The Morgan fingerprint density at radius 3 is 2.80 bits per heavy atom. The fourth-order valence-electron chi connectivity index (χ4n) is 0.535. The van der Waals surface area contributed by atoms with Gasteiger partial charge in [0.05, 0.1) is 0 Å². The second-order valence-corrected chi connectivity index (χ2v) is 1.68. The molecule has 1 aromatic heterocycles. The summed E-state index contributed by atoms with van der Waals surface area (Å²) in [4.78, 5) is 26.1. The monoisotopic (exact) mass is 142 g/mol. The Balaban J connectivity index is 3.33. The first kappa shape index (κ1) is 6.73. The van der Waals surface area contributed by atoms with E-state index < -0.39 is 11.4 Å². The van der Waals surface area contributed by atoms with Crippen LogP contribution in [-0.4, -0.2) is 9.97 Å². The van der Waals surface area contributed by atoms with Crippen LogP contribution in [0.2, 0.25) is 0 Å². The van der Waals surface area contributed by atoms with Crippen molar-refractivity contribution < 1.29 is 4.42 Å². The Bertz CT molecular complexity index is 296. The molecule has 0 fully saturated rings. The fraction of sp³-hybridized carbons (Fsp3) is 0.400. The maximum Gasteiger partial charge on any atom is 0.421 e. The first-order chi connectivity index (χ1) is 4.72. The van der Waals surface area contributed by atoms with E-state index in [0.29, 0.717) is 6.42 Å². The summed E-state index contributed by atoms with van der Waals surface area (Å²) in [6.45, 7) is 1.74. The molecule has 0 aliphatic carbocycles. The number of aromatic amines is 1. The lowest BCUT2D eigenvalue weighted by Crippen LogP contribution is -2.22. The van der Waals surface area contributed by atoms with E-state index in [4.69, 9.17) is 0 Å². The quantitative estimate of drug-likeness (QED) is 0.561. The van der Waals surface area contributed by atoms with E-state index in [2.05, 4.69) is 9.40 Å². The summed E-state index contributed by atoms with van der Waals surface area (Å²) in [6, 6.07) is 0. The van der Waals surface area contributed by atoms with Crippen LogP contribution in [0.5, 0.6) is 0 Å². The molecule has 0 aliphatic heterocycles. The number of nitrogens with one attached hydrogen (secondary N) is 1. The van der Waals surface area contributed by atoms with Gasteiger partial charge in [0.25, 0.3) is 0 Å². The van der Waals surface area contributed by atoms with Crippen molar-refractivity contribution in [1.82, 2.24) is 9.97 Å². The third-order valence-electron chi connectivity index (χ3n) is 0.948. The molecule has 1 heterocycles.